The molecular weight excluding hydrogens is 414 g/mol. The Kier molecular flexibility index (Phi) is 4.07. The number of carbonyl (C=O) groups is 1. The van der Waals surface area contributed by atoms with Gasteiger partial charge >= 0.3 is 0 Å². The molecule has 2 aromatic carbocycles. The molecule has 1 aliphatic heterocycles. The van der Waals surface area contributed by atoms with Crippen molar-refractivity contribution in [3.05, 3.63) is 57.7 Å². The van der Waals surface area contributed by atoms with Crippen molar-refractivity contribution in [2.45, 2.75) is 6.04 Å². The fourth-order valence-corrected chi connectivity index (χ4v) is 3.90. The van der Waals surface area contributed by atoms with Crippen molar-refractivity contribution in [1.82, 2.24) is 15.1 Å². The Labute approximate surface area is 163 Å². The molecule has 7 nitrogen and oxygen atoms in total. The lowest BCUT2D eigenvalue weighted by Gasteiger charge is -2.23. The number of carbonyl (C=O) groups excluding carboxylic acids is 1. The maximum Gasteiger partial charge on any atom is 0.272 e. The summed E-state index contributed by atoms with van der Waals surface area (Å²) < 4.78 is 5.70. The molecule has 0 aliphatic carbocycles. The molecule has 0 unspecified atom stereocenters. The first-order chi connectivity index (χ1) is 12.9. The maximum atomic E-state index is 12.7. The molecule has 1 amide bonds. The summed E-state index contributed by atoms with van der Waals surface area (Å²) in [6.07, 6.45) is 0. The van der Waals surface area contributed by atoms with Gasteiger partial charge in [-0.2, -0.15) is 5.10 Å². The normalized spacial score (nSPS) is 15.9. The average molecular weight is 430 g/mol. The lowest BCUT2D eigenvalue weighted by atomic mass is 9.95. The van der Waals surface area contributed by atoms with Crippen LogP contribution in [0, 0.1) is 0 Å². The fraction of sp³-hybridized carbons (Fsp3) is 0.158. The molecule has 138 valence electrons. The zero-order chi connectivity index (χ0) is 19.3. The van der Waals surface area contributed by atoms with E-state index in [0.717, 1.165) is 5.56 Å². The second-order valence-corrected chi connectivity index (χ2v) is 7.10. The van der Waals surface area contributed by atoms with Crippen molar-refractivity contribution >= 4 is 21.8 Å². The van der Waals surface area contributed by atoms with Gasteiger partial charge in [-0.3, -0.25) is 9.89 Å². The second kappa shape index (κ2) is 6.31. The molecule has 1 aliphatic rings. The summed E-state index contributed by atoms with van der Waals surface area (Å²) in [5.41, 5.74) is 2.83. The van der Waals surface area contributed by atoms with Gasteiger partial charge in [-0.15, -0.1) is 0 Å². The second-order valence-electron chi connectivity index (χ2n) is 6.25. The van der Waals surface area contributed by atoms with Crippen LogP contribution in [-0.4, -0.2) is 45.4 Å². The first kappa shape index (κ1) is 17.4. The highest BCUT2D eigenvalue weighted by molar-refractivity contribution is 9.10. The standard InChI is InChI=1S/C19H16BrN3O4/c1-23-17(9-7-11(20)18(25)13(8-9)27-2)14-15(21-22-16(14)19(23)26)10-5-3-4-6-12(10)24/h3-8,17,24-25H,1-2H3,(H,21,22)/t17-/m1/s1. The molecule has 8 heteroatoms. The molecule has 2 heterocycles. The van der Waals surface area contributed by atoms with Crippen LogP contribution in [0.1, 0.15) is 27.7 Å². The number of fused-ring (bicyclic) bond motifs is 1. The minimum Gasteiger partial charge on any atom is -0.507 e. The van der Waals surface area contributed by atoms with Crippen LogP contribution in [0.2, 0.25) is 0 Å². The largest absolute Gasteiger partial charge is 0.507 e. The number of hydrogen-bond acceptors (Lipinski definition) is 5. The topological polar surface area (TPSA) is 98.7 Å². The van der Waals surface area contributed by atoms with E-state index in [0.29, 0.717) is 32.7 Å². The minimum absolute atomic E-state index is 0.0124. The van der Waals surface area contributed by atoms with E-state index in [-0.39, 0.29) is 17.4 Å². The van der Waals surface area contributed by atoms with E-state index < -0.39 is 6.04 Å². The van der Waals surface area contributed by atoms with Gasteiger partial charge in [0.15, 0.2) is 11.5 Å². The van der Waals surface area contributed by atoms with Crippen LogP contribution < -0.4 is 4.74 Å². The number of phenols is 2. The molecule has 3 aromatic rings. The van der Waals surface area contributed by atoms with Crippen LogP contribution in [0.25, 0.3) is 11.3 Å². The summed E-state index contributed by atoms with van der Waals surface area (Å²) >= 11 is 3.33. The van der Waals surface area contributed by atoms with Crippen molar-refractivity contribution in [3.8, 4) is 28.5 Å². The summed E-state index contributed by atoms with van der Waals surface area (Å²) in [6, 6.07) is 9.82. The zero-order valence-electron chi connectivity index (χ0n) is 14.5. The van der Waals surface area contributed by atoms with Gasteiger partial charge in [-0.25, -0.2) is 0 Å². The lowest BCUT2D eigenvalue weighted by molar-refractivity contribution is 0.0787. The average Bonchev–Trinajstić information content (AvgIpc) is 3.18. The smallest absolute Gasteiger partial charge is 0.272 e. The highest BCUT2D eigenvalue weighted by Crippen LogP contribution is 2.46. The number of benzene rings is 2. The Bertz CT molecular complexity index is 1060. The van der Waals surface area contributed by atoms with Gasteiger partial charge in [-0.1, -0.05) is 12.1 Å². The summed E-state index contributed by atoms with van der Waals surface area (Å²) in [4.78, 5) is 14.3. The van der Waals surface area contributed by atoms with Crippen molar-refractivity contribution in [2.75, 3.05) is 14.2 Å². The third kappa shape index (κ3) is 2.56. The van der Waals surface area contributed by atoms with Crippen LogP contribution in [0.4, 0.5) is 0 Å². The summed E-state index contributed by atoms with van der Waals surface area (Å²) in [5.74, 6) is 0.159. The Balaban J connectivity index is 1.94. The minimum atomic E-state index is -0.452. The monoisotopic (exact) mass is 429 g/mol. The molecule has 0 fully saturated rings. The van der Waals surface area contributed by atoms with Gasteiger partial charge in [-0.05, 0) is 45.8 Å². The van der Waals surface area contributed by atoms with Crippen molar-refractivity contribution in [3.63, 3.8) is 0 Å². The fourth-order valence-electron chi connectivity index (χ4n) is 3.44. The predicted octanol–water partition coefficient (Wildman–Crippen LogP) is 3.43. The Morgan fingerprint density at radius 3 is 2.70 bits per heavy atom. The maximum absolute atomic E-state index is 12.7. The number of ether oxygens (including phenoxy) is 1. The molecule has 3 N–H and O–H groups in total. The van der Waals surface area contributed by atoms with Crippen LogP contribution in [0.5, 0.6) is 17.2 Å². The van der Waals surface area contributed by atoms with Crippen LogP contribution in [0.3, 0.4) is 0 Å². The van der Waals surface area contributed by atoms with Gasteiger partial charge in [0, 0.05) is 18.2 Å². The number of aromatic amines is 1. The van der Waals surface area contributed by atoms with E-state index in [4.69, 9.17) is 4.74 Å². The molecule has 27 heavy (non-hydrogen) atoms. The van der Waals surface area contributed by atoms with Gasteiger partial charge in [0.05, 0.1) is 17.6 Å². The number of H-pyrrole nitrogens is 1. The summed E-state index contributed by atoms with van der Waals surface area (Å²) in [7, 11) is 3.16. The van der Waals surface area contributed by atoms with E-state index in [2.05, 4.69) is 26.1 Å². The molecule has 1 atom stereocenters. The Morgan fingerprint density at radius 1 is 1.26 bits per heavy atom. The Hall–Kier alpha value is -3.00. The van der Waals surface area contributed by atoms with Gasteiger partial charge < -0.3 is 19.8 Å². The molecule has 4 rings (SSSR count). The molecule has 1 aromatic heterocycles. The highest BCUT2D eigenvalue weighted by atomic mass is 79.9. The van der Waals surface area contributed by atoms with Crippen LogP contribution in [0.15, 0.2) is 40.9 Å². The van der Waals surface area contributed by atoms with E-state index >= 15 is 0 Å². The highest BCUT2D eigenvalue weighted by Gasteiger charge is 2.41. The number of nitrogens with zero attached hydrogens (tertiary/aromatic N) is 2. The summed E-state index contributed by atoms with van der Waals surface area (Å²) in [5, 5.41) is 27.4. The van der Waals surface area contributed by atoms with Crippen molar-refractivity contribution < 1.29 is 19.7 Å². The first-order valence-corrected chi connectivity index (χ1v) is 8.93. The number of nitrogens with one attached hydrogen (secondary N) is 1. The number of para-hydroxylation sites is 1. The number of aromatic nitrogens is 2. The number of halogens is 1. The van der Waals surface area contributed by atoms with E-state index in [1.54, 1.807) is 48.3 Å². The predicted molar refractivity (Wildman–Crippen MR) is 102 cm³/mol. The molecule has 0 saturated carbocycles. The SMILES string of the molecule is COc1cc([C@@H]2c3c(-c4ccccc4O)n[nH]c3C(=O)N2C)cc(Br)c1O. The number of rotatable bonds is 3. The molecule has 0 radical (unpaired) electrons. The lowest BCUT2D eigenvalue weighted by Crippen LogP contribution is -2.24. The van der Waals surface area contributed by atoms with Crippen molar-refractivity contribution in [2.24, 2.45) is 0 Å². The number of aromatic hydroxyl groups is 2. The number of hydrogen-bond donors (Lipinski definition) is 3. The van der Waals surface area contributed by atoms with E-state index in [1.807, 2.05) is 0 Å². The molecular formula is C19H16BrN3O4. The van der Waals surface area contributed by atoms with Crippen molar-refractivity contribution in [1.29, 1.82) is 0 Å². The van der Waals surface area contributed by atoms with E-state index in [1.165, 1.54) is 7.11 Å². The van der Waals surface area contributed by atoms with Gasteiger partial charge in [0.2, 0.25) is 0 Å². The van der Waals surface area contributed by atoms with E-state index in [9.17, 15) is 15.0 Å². The molecule has 0 bridgehead atoms. The quantitative estimate of drug-likeness (QED) is 0.592. The third-order valence-electron chi connectivity index (χ3n) is 4.74. The molecule has 0 spiro atoms. The van der Waals surface area contributed by atoms with Crippen LogP contribution in [-0.2, 0) is 0 Å². The summed E-state index contributed by atoms with van der Waals surface area (Å²) in [6.45, 7) is 0. The number of amides is 1. The molecule has 0 saturated heterocycles. The Morgan fingerprint density at radius 2 is 2.00 bits per heavy atom. The number of methoxy groups -OCH3 is 1. The zero-order valence-corrected chi connectivity index (χ0v) is 16.1. The van der Waals surface area contributed by atoms with Gasteiger partial charge in [0.1, 0.15) is 17.1 Å². The van der Waals surface area contributed by atoms with Crippen LogP contribution >= 0.6 is 15.9 Å². The number of phenolic OH excluding ortho intramolecular Hbond substituents is 2. The first-order valence-electron chi connectivity index (χ1n) is 8.14. The van der Waals surface area contributed by atoms with Gasteiger partial charge in [0.25, 0.3) is 5.91 Å². The third-order valence-corrected chi connectivity index (χ3v) is 5.35.